The first-order valence-corrected chi connectivity index (χ1v) is 3.94. The summed E-state index contributed by atoms with van der Waals surface area (Å²) < 4.78 is 0. The van der Waals surface area contributed by atoms with Gasteiger partial charge in [0.15, 0.2) is 0 Å². The SMILES string of the molecule is O=C([O-])c1cc(C2CC2)ccn1.[Li+]. The number of nitrogens with zero attached hydrogens (tertiary/aromatic N) is 1. The number of hydrogen-bond donors (Lipinski definition) is 0. The van der Waals surface area contributed by atoms with Crippen LogP contribution in [0, 0.1) is 0 Å². The van der Waals surface area contributed by atoms with Crippen LogP contribution < -0.4 is 24.0 Å². The molecule has 0 aromatic carbocycles. The average molecular weight is 169 g/mol. The molecule has 1 saturated carbocycles. The molecule has 1 aliphatic rings. The quantitative estimate of drug-likeness (QED) is 0.453. The second-order valence-corrected chi connectivity index (χ2v) is 3.04. The first-order valence-electron chi connectivity index (χ1n) is 3.94. The predicted molar refractivity (Wildman–Crippen MR) is 40.5 cm³/mol. The molecular weight excluding hydrogens is 161 g/mol. The molecule has 0 radical (unpaired) electrons. The van der Waals surface area contributed by atoms with Gasteiger partial charge in [-0.2, -0.15) is 0 Å². The van der Waals surface area contributed by atoms with E-state index in [2.05, 4.69) is 4.98 Å². The van der Waals surface area contributed by atoms with Crippen LogP contribution >= 0.6 is 0 Å². The maximum atomic E-state index is 10.4. The Balaban J connectivity index is 0.000000845. The largest absolute Gasteiger partial charge is 1.00 e. The van der Waals surface area contributed by atoms with Gasteiger partial charge in [0.25, 0.3) is 0 Å². The van der Waals surface area contributed by atoms with Gasteiger partial charge in [0.2, 0.25) is 0 Å². The third-order valence-corrected chi connectivity index (χ3v) is 2.04. The number of aromatic carboxylic acids is 1. The molecule has 62 valence electrons. The first kappa shape index (κ1) is 10.3. The Hall–Kier alpha value is -0.783. The van der Waals surface area contributed by atoms with E-state index in [1.54, 1.807) is 6.07 Å². The number of carboxylic acid groups (broad SMARTS) is 1. The van der Waals surface area contributed by atoms with Crippen molar-refractivity contribution in [1.82, 2.24) is 4.98 Å². The van der Waals surface area contributed by atoms with Crippen LogP contribution in [0.1, 0.15) is 34.8 Å². The topological polar surface area (TPSA) is 53.0 Å². The maximum absolute atomic E-state index is 10.4. The molecule has 0 aliphatic heterocycles. The van der Waals surface area contributed by atoms with E-state index in [1.807, 2.05) is 6.07 Å². The summed E-state index contributed by atoms with van der Waals surface area (Å²) in [6, 6.07) is 3.47. The van der Waals surface area contributed by atoms with Crippen LogP contribution in [0.15, 0.2) is 18.3 Å². The number of carbonyl (C=O) groups is 1. The van der Waals surface area contributed by atoms with Gasteiger partial charge in [0, 0.05) is 6.20 Å². The molecular formula is C9H8LiNO2. The minimum Gasteiger partial charge on any atom is -0.543 e. The average Bonchev–Trinajstić information content (AvgIpc) is 2.87. The minimum atomic E-state index is -1.20. The fraction of sp³-hybridized carbons (Fsp3) is 0.333. The summed E-state index contributed by atoms with van der Waals surface area (Å²) >= 11 is 0. The summed E-state index contributed by atoms with van der Waals surface area (Å²) in [4.78, 5) is 14.1. The van der Waals surface area contributed by atoms with E-state index in [0.717, 1.165) is 18.4 Å². The minimum absolute atomic E-state index is 0. The van der Waals surface area contributed by atoms with Gasteiger partial charge in [-0.05, 0) is 36.5 Å². The van der Waals surface area contributed by atoms with Crippen molar-refractivity contribution < 1.29 is 28.8 Å². The van der Waals surface area contributed by atoms with E-state index in [9.17, 15) is 9.90 Å². The fourth-order valence-electron chi connectivity index (χ4n) is 1.23. The van der Waals surface area contributed by atoms with Gasteiger partial charge in [-0.3, -0.25) is 4.98 Å². The van der Waals surface area contributed by atoms with Gasteiger partial charge in [-0.25, -0.2) is 0 Å². The Morgan fingerprint density at radius 3 is 2.77 bits per heavy atom. The number of pyridine rings is 1. The van der Waals surface area contributed by atoms with Crippen LogP contribution in [0.3, 0.4) is 0 Å². The first-order chi connectivity index (χ1) is 5.77. The number of rotatable bonds is 2. The van der Waals surface area contributed by atoms with Crippen molar-refractivity contribution in [2.45, 2.75) is 18.8 Å². The van der Waals surface area contributed by atoms with Crippen LogP contribution in [0.25, 0.3) is 0 Å². The number of carbonyl (C=O) groups excluding carboxylic acids is 1. The Morgan fingerprint density at radius 1 is 1.54 bits per heavy atom. The zero-order valence-electron chi connectivity index (χ0n) is 7.49. The van der Waals surface area contributed by atoms with Gasteiger partial charge in [0.1, 0.15) is 0 Å². The van der Waals surface area contributed by atoms with E-state index in [1.165, 1.54) is 6.20 Å². The molecule has 0 bridgehead atoms. The summed E-state index contributed by atoms with van der Waals surface area (Å²) in [5.41, 5.74) is 1.11. The van der Waals surface area contributed by atoms with Crippen molar-refractivity contribution in [3.8, 4) is 0 Å². The summed E-state index contributed by atoms with van der Waals surface area (Å²) in [6.07, 6.45) is 3.85. The van der Waals surface area contributed by atoms with Crippen molar-refractivity contribution in [2.75, 3.05) is 0 Å². The molecule has 1 heterocycles. The molecule has 13 heavy (non-hydrogen) atoms. The molecule has 0 spiro atoms. The van der Waals surface area contributed by atoms with Crippen molar-refractivity contribution in [2.24, 2.45) is 0 Å². The van der Waals surface area contributed by atoms with E-state index in [-0.39, 0.29) is 24.6 Å². The second kappa shape index (κ2) is 3.95. The van der Waals surface area contributed by atoms with E-state index in [0.29, 0.717) is 5.92 Å². The third kappa shape index (κ3) is 2.33. The second-order valence-electron chi connectivity index (χ2n) is 3.04. The fourth-order valence-corrected chi connectivity index (χ4v) is 1.23. The molecule has 4 heteroatoms. The third-order valence-electron chi connectivity index (χ3n) is 2.04. The molecule has 0 amide bonds. The Bertz CT molecular complexity index is 323. The number of hydrogen-bond acceptors (Lipinski definition) is 3. The maximum Gasteiger partial charge on any atom is 1.00 e. The van der Waals surface area contributed by atoms with Gasteiger partial charge < -0.3 is 9.90 Å². The Morgan fingerprint density at radius 2 is 2.23 bits per heavy atom. The van der Waals surface area contributed by atoms with Crippen LogP contribution in [0.4, 0.5) is 0 Å². The molecule has 1 aromatic heterocycles. The molecule has 2 rings (SSSR count). The van der Waals surface area contributed by atoms with Crippen LogP contribution in [-0.2, 0) is 0 Å². The predicted octanol–water partition coefficient (Wildman–Crippen LogP) is -2.67. The molecule has 0 saturated heterocycles. The Labute approximate surface area is 88.4 Å². The van der Waals surface area contributed by atoms with Crippen molar-refractivity contribution >= 4 is 5.97 Å². The van der Waals surface area contributed by atoms with Crippen molar-refractivity contribution in [3.05, 3.63) is 29.6 Å². The zero-order valence-corrected chi connectivity index (χ0v) is 7.49. The van der Waals surface area contributed by atoms with E-state index >= 15 is 0 Å². The summed E-state index contributed by atoms with van der Waals surface area (Å²) in [6.45, 7) is 0. The van der Waals surface area contributed by atoms with E-state index < -0.39 is 5.97 Å². The standard InChI is InChI=1S/C9H9NO2.Li/c11-9(12)8-5-7(3-4-10-8)6-1-2-6;/h3-6H,1-2H2,(H,11,12);/q;+1/p-1. The van der Waals surface area contributed by atoms with Crippen LogP contribution in [0.2, 0.25) is 0 Å². The van der Waals surface area contributed by atoms with Gasteiger partial charge in [-0.1, -0.05) is 0 Å². The van der Waals surface area contributed by atoms with Crippen LogP contribution in [0.5, 0.6) is 0 Å². The van der Waals surface area contributed by atoms with Crippen molar-refractivity contribution in [3.63, 3.8) is 0 Å². The Kier molecular flexibility index (Phi) is 3.13. The molecule has 1 aromatic rings. The van der Waals surface area contributed by atoms with Crippen LogP contribution in [-0.4, -0.2) is 11.0 Å². The molecule has 1 fully saturated rings. The molecule has 1 aliphatic carbocycles. The monoisotopic (exact) mass is 169 g/mol. The van der Waals surface area contributed by atoms with Crippen molar-refractivity contribution in [1.29, 1.82) is 0 Å². The molecule has 0 N–H and O–H groups in total. The number of aromatic nitrogens is 1. The summed E-state index contributed by atoms with van der Waals surface area (Å²) in [5, 5.41) is 10.4. The normalized spacial score (nSPS) is 14.8. The zero-order chi connectivity index (χ0) is 8.55. The van der Waals surface area contributed by atoms with E-state index in [4.69, 9.17) is 0 Å². The van der Waals surface area contributed by atoms with Gasteiger partial charge >= 0.3 is 18.9 Å². The molecule has 0 unspecified atom stereocenters. The smallest absolute Gasteiger partial charge is 0.543 e. The summed E-state index contributed by atoms with van der Waals surface area (Å²) in [5.74, 6) is -0.636. The van der Waals surface area contributed by atoms with Gasteiger partial charge in [0.05, 0.1) is 11.7 Å². The van der Waals surface area contributed by atoms with Gasteiger partial charge in [-0.15, -0.1) is 0 Å². The molecule has 3 nitrogen and oxygen atoms in total. The summed E-state index contributed by atoms with van der Waals surface area (Å²) in [7, 11) is 0. The number of carboxylic acids is 1. The molecule has 0 atom stereocenters.